The average molecular weight is 554 g/mol. The minimum atomic E-state index is -0.276. The number of rotatable bonds is 9. The molecule has 1 N–H and O–H groups in total. The Kier molecular flexibility index (Phi) is 10.7. The zero-order valence-electron chi connectivity index (χ0n) is 18.7. The monoisotopic (exact) mass is 554 g/mol. The molecule has 0 aliphatic carbocycles. The summed E-state index contributed by atoms with van der Waals surface area (Å²) in [5.74, 6) is 1.40. The van der Waals surface area contributed by atoms with Crippen molar-refractivity contribution in [1.29, 1.82) is 0 Å². The van der Waals surface area contributed by atoms with Gasteiger partial charge in [-0.1, -0.05) is 24.3 Å². The highest BCUT2D eigenvalue weighted by atomic mass is 127. The second kappa shape index (κ2) is 13.2. The van der Waals surface area contributed by atoms with E-state index in [9.17, 15) is 9.18 Å². The second-order valence-corrected chi connectivity index (χ2v) is 7.63. The molecule has 0 spiro atoms. The van der Waals surface area contributed by atoms with Gasteiger partial charge >= 0.3 is 0 Å². The summed E-state index contributed by atoms with van der Waals surface area (Å²) in [6, 6.07) is 14.3. The standard InChI is InChI=1S/C24H31FN4O2.HI/c1-3-26-24(28(2)14-15-31-22-11-9-21(25)10-12-22)27-17-19-6-4-7-20(16-19)18-29-13-5-8-23(29)30;/h4,6-7,9-12,16H,3,5,8,13-15,17-18H2,1-2H3,(H,26,27);1H. The molecule has 2 aromatic carbocycles. The lowest BCUT2D eigenvalue weighted by Gasteiger charge is -2.22. The van der Waals surface area contributed by atoms with Crippen molar-refractivity contribution in [1.82, 2.24) is 15.1 Å². The van der Waals surface area contributed by atoms with Crippen LogP contribution in [0, 0.1) is 5.82 Å². The number of amides is 1. The molecule has 0 saturated carbocycles. The molecular weight excluding hydrogens is 522 g/mol. The van der Waals surface area contributed by atoms with E-state index in [-0.39, 0.29) is 35.7 Å². The van der Waals surface area contributed by atoms with Crippen molar-refractivity contribution in [2.75, 3.05) is 33.3 Å². The molecule has 6 nitrogen and oxygen atoms in total. The number of benzene rings is 2. The third-order valence-corrected chi connectivity index (χ3v) is 5.15. The first kappa shape index (κ1) is 25.9. The molecule has 174 valence electrons. The van der Waals surface area contributed by atoms with Gasteiger partial charge in [0.25, 0.3) is 0 Å². The molecule has 32 heavy (non-hydrogen) atoms. The fourth-order valence-corrected chi connectivity index (χ4v) is 3.49. The summed E-state index contributed by atoms with van der Waals surface area (Å²) >= 11 is 0. The van der Waals surface area contributed by atoms with Gasteiger partial charge in [-0.2, -0.15) is 0 Å². The summed E-state index contributed by atoms with van der Waals surface area (Å²) in [4.78, 5) is 20.6. The molecule has 0 radical (unpaired) electrons. The van der Waals surface area contributed by atoms with Gasteiger partial charge in [-0.05, 0) is 48.7 Å². The molecule has 0 bridgehead atoms. The van der Waals surface area contributed by atoms with Crippen molar-refractivity contribution < 1.29 is 13.9 Å². The van der Waals surface area contributed by atoms with E-state index < -0.39 is 0 Å². The average Bonchev–Trinajstić information content (AvgIpc) is 3.17. The number of halogens is 2. The van der Waals surface area contributed by atoms with Crippen LogP contribution >= 0.6 is 24.0 Å². The van der Waals surface area contributed by atoms with Crippen molar-refractivity contribution in [2.45, 2.75) is 32.9 Å². The number of aliphatic imine (C=N–C) groups is 1. The summed E-state index contributed by atoms with van der Waals surface area (Å²) in [6.07, 6.45) is 1.61. The van der Waals surface area contributed by atoms with E-state index in [4.69, 9.17) is 9.73 Å². The van der Waals surface area contributed by atoms with Gasteiger partial charge in [-0.15, -0.1) is 24.0 Å². The van der Waals surface area contributed by atoms with Crippen LogP contribution in [0.3, 0.4) is 0 Å². The third-order valence-electron chi connectivity index (χ3n) is 5.15. The molecule has 2 aromatic rings. The maximum atomic E-state index is 13.0. The quantitative estimate of drug-likeness (QED) is 0.289. The Morgan fingerprint density at radius 1 is 1.22 bits per heavy atom. The molecule has 1 fully saturated rings. The van der Waals surface area contributed by atoms with Crippen LogP contribution < -0.4 is 10.1 Å². The van der Waals surface area contributed by atoms with Crippen molar-refractivity contribution >= 4 is 35.8 Å². The first-order chi connectivity index (χ1) is 15.0. The third kappa shape index (κ3) is 7.96. The van der Waals surface area contributed by atoms with Crippen molar-refractivity contribution in [3.63, 3.8) is 0 Å². The molecule has 0 atom stereocenters. The maximum absolute atomic E-state index is 13.0. The zero-order chi connectivity index (χ0) is 22.1. The molecule has 1 aliphatic heterocycles. The molecule has 3 rings (SSSR count). The number of likely N-dealkylation sites (tertiary alicyclic amines) is 1. The lowest BCUT2D eigenvalue weighted by atomic mass is 10.1. The van der Waals surface area contributed by atoms with Gasteiger partial charge in [0.15, 0.2) is 5.96 Å². The zero-order valence-corrected chi connectivity index (χ0v) is 21.1. The summed E-state index contributed by atoms with van der Waals surface area (Å²) in [5, 5.41) is 3.31. The highest BCUT2D eigenvalue weighted by Crippen LogP contribution is 2.16. The predicted octanol–water partition coefficient (Wildman–Crippen LogP) is 4.04. The fourth-order valence-electron chi connectivity index (χ4n) is 3.49. The number of carbonyl (C=O) groups excluding carboxylic acids is 1. The number of hydrogen-bond donors (Lipinski definition) is 1. The Hall–Kier alpha value is -2.36. The van der Waals surface area contributed by atoms with Crippen LogP contribution in [-0.2, 0) is 17.9 Å². The highest BCUT2D eigenvalue weighted by molar-refractivity contribution is 14.0. The van der Waals surface area contributed by atoms with Crippen LogP contribution in [0.1, 0.15) is 30.9 Å². The Balaban J connectivity index is 0.00000363. The van der Waals surface area contributed by atoms with Crippen molar-refractivity contribution in [3.05, 3.63) is 65.5 Å². The minimum Gasteiger partial charge on any atom is -0.492 e. The minimum absolute atomic E-state index is 0. The second-order valence-electron chi connectivity index (χ2n) is 7.63. The van der Waals surface area contributed by atoms with E-state index in [0.29, 0.717) is 38.4 Å². The van der Waals surface area contributed by atoms with Gasteiger partial charge in [-0.25, -0.2) is 9.38 Å². The molecule has 0 aromatic heterocycles. The fraction of sp³-hybridized carbons (Fsp3) is 0.417. The van der Waals surface area contributed by atoms with Gasteiger partial charge in [-0.3, -0.25) is 4.79 Å². The first-order valence-electron chi connectivity index (χ1n) is 10.8. The van der Waals surface area contributed by atoms with E-state index in [2.05, 4.69) is 23.5 Å². The number of ether oxygens (including phenoxy) is 1. The molecule has 0 unspecified atom stereocenters. The summed E-state index contributed by atoms with van der Waals surface area (Å²) < 4.78 is 18.7. The molecular formula is C24H32FIN4O2. The number of hydrogen-bond acceptors (Lipinski definition) is 3. The van der Waals surface area contributed by atoms with Crippen LogP contribution in [0.15, 0.2) is 53.5 Å². The van der Waals surface area contributed by atoms with Gasteiger partial charge in [0, 0.05) is 33.1 Å². The largest absolute Gasteiger partial charge is 0.492 e. The van der Waals surface area contributed by atoms with Crippen LogP contribution in [0.4, 0.5) is 4.39 Å². The molecule has 1 saturated heterocycles. The molecule has 1 heterocycles. The van der Waals surface area contributed by atoms with Gasteiger partial charge in [0.05, 0.1) is 13.1 Å². The van der Waals surface area contributed by atoms with Crippen molar-refractivity contribution in [2.24, 2.45) is 4.99 Å². The Morgan fingerprint density at radius 2 is 1.97 bits per heavy atom. The van der Waals surface area contributed by atoms with Crippen LogP contribution in [-0.4, -0.2) is 55.0 Å². The number of carbonyl (C=O) groups is 1. The molecule has 1 aliphatic rings. The lowest BCUT2D eigenvalue weighted by Crippen LogP contribution is -2.40. The first-order valence-corrected chi connectivity index (χ1v) is 10.8. The lowest BCUT2D eigenvalue weighted by molar-refractivity contribution is -0.128. The van der Waals surface area contributed by atoms with Gasteiger partial charge < -0.3 is 19.9 Å². The van der Waals surface area contributed by atoms with Gasteiger partial charge in [0.1, 0.15) is 18.2 Å². The normalized spacial score (nSPS) is 13.7. The van der Waals surface area contributed by atoms with E-state index in [1.807, 2.05) is 29.8 Å². The smallest absolute Gasteiger partial charge is 0.222 e. The Morgan fingerprint density at radius 3 is 2.66 bits per heavy atom. The van der Waals surface area contributed by atoms with E-state index in [1.165, 1.54) is 12.1 Å². The molecule has 1 amide bonds. The predicted molar refractivity (Wildman–Crippen MR) is 136 cm³/mol. The van der Waals surface area contributed by atoms with Gasteiger partial charge in [0.2, 0.25) is 5.91 Å². The number of guanidine groups is 1. The summed E-state index contributed by atoms with van der Waals surface area (Å²) in [5.41, 5.74) is 2.24. The topological polar surface area (TPSA) is 57.2 Å². The number of nitrogens with one attached hydrogen (secondary N) is 1. The maximum Gasteiger partial charge on any atom is 0.222 e. The van der Waals surface area contributed by atoms with Crippen LogP contribution in [0.5, 0.6) is 5.75 Å². The van der Waals surface area contributed by atoms with Crippen LogP contribution in [0.2, 0.25) is 0 Å². The number of likely N-dealkylation sites (N-methyl/N-ethyl adjacent to an activating group) is 1. The van der Waals surface area contributed by atoms with E-state index in [0.717, 1.165) is 36.6 Å². The van der Waals surface area contributed by atoms with Crippen LogP contribution in [0.25, 0.3) is 0 Å². The van der Waals surface area contributed by atoms with Crippen molar-refractivity contribution in [3.8, 4) is 5.75 Å². The highest BCUT2D eigenvalue weighted by Gasteiger charge is 2.19. The summed E-state index contributed by atoms with van der Waals surface area (Å²) in [7, 11) is 1.96. The number of nitrogens with zero attached hydrogens (tertiary/aromatic N) is 3. The Bertz CT molecular complexity index is 892. The summed E-state index contributed by atoms with van der Waals surface area (Å²) in [6.45, 7) is 5.96. The van der Waals surface area contributed by atoms with E-state index in [1.54, 1.807) is 12.1 Å². The molecule has 8 heteroatoms. The SMILES string of the molecule is CCNC(=NCc1cccc(CN2CCCC2=O)c1)N(C)CCOc1ccc(F)cc1.I. The Labute approximate surface area is 206 Å². The van der Waals surface area contributed by atoms with E-state index >= 15 is 0 Å².